The number of benzene rings is 1. The number of hydrogen-bond acceptors (Lipinski definition) is 4. The third-order valence-electron chi connectivity index (χ3n) is 3.31. The van der Waals surface area contributed by atoms with E-state index >= 15 is 0 Å². The Balaban J connectivity index is 2.04. The third kappa shape index (κ3) is 4.12. The standard InChI is InChI=1S/C14H20N4O2S/c1-11(13-7-5-4-6-8-13)10-21(19,20)18(3)9-14-15-12(2)16-17-14/h4-8,11H,9-10H2,1-3H3,(H,15,16,17). The van der Waals surface area contributed by atoms with E-state index < -0.39 is 10.0 Å². The van der Waals surface area contributed by atoms with Gasteiger partial charge >= 0.3 is 0 Å². The average Bonchev–Trinajstić information content (AvgIpc) is 2.84. The molecule has 6 nitrogen and oxygen atoms in total. The molecule has 2 rings (SSSR count). The highest BCUT2D eigenvalue weighted by Gasteiger charge is 2.23. The fourth-order valence-electron chi connectivity index (χ4n) is 2.08. The number of aromatic amines is 1. The van der Waals surface area contributed by atoms with Gasteiger partial charge in [-0.15, -0.1) is 0 Å². The number of sulfonamides is 1. The topological polar surface area (TPSA) is 79.0 Å². The minimum absolute atomic E-state index is 0.0625. The largest absolute Gasteiger partial charge is 0.263 e. The molecule has 21 heavy (non-hydrogen) atoms. The molecule has 0 saturated carbocycles. The van der Waals surface area contributed by atoms with E-state index in [1.54, 1.807) is 14.0 Å². The van der Waals surface area contributed by atoms with Gasteiger partial charge in [-0.1, -0.05) is 37.3 Å². The van der Waals surface area contributed by atoms with Crippen molar-refractivity contribution in [3.05, 3.63) is 47.5 Å². The Morgan fingerprint density at radius 1 is 1.29 bits per heavy atom. The second-order valence-corrected chi connectivity index (χ2v) is 7.30. The normalized spacial score (nSPS) is 13.5. The zero-order valence-electron chi connectivity index (χ0n) is 12.4. The molecule has 0 radical (unpaired) electrons. The molecule has 0 amide bonds. The summed E-state index contributed by atoms with van der Waals surface area (Å²) >= 11 is 0. The summed E-state index contributed by atoms with van der Waals surface area (Å²) in [6, 6.07) is 9.64. The maximum absolute atomic E-state index is 12.4. The molecule has 0 bridgehead atoms. The van der Waals surface area contributed by atoms with Crippen molar-refractivity contribution in [1.82, 2.24) is 19.5 Å². The van der Waals surface area contributed by atoms with Gasteiger partial charge in [0.2, 0.25) is 10.0 Å². The number of aryl methyl sites for hydroxylation is 1. The Morgan fingerprint density at radius 3 is 2.52 bits per heavy atom. The molecule has 0 aliphatic rings. The van der Waals surface area contributed by atoms with Crippen LogP contribution in [0.2, 0.25) is 0 Å². The Kier molecular flexibility index (Phi) is 4.74. The summed E-state index contributed by atoms with van der Waals surface area (Å²) in [5.41, 5.74) is 1.02. The van der Waals surface area contributed by atoms with E-state index in [1.165, 1.54) is 4.31 Å². The smallest absolute Gasteiger partial charge is 0.214 e. The van der Waals surface area contributed by atoms with Gasteiger partial charge in [-0.05, 0) is 18.4 Å². The SMILES string of the molecule is Cc1nc(CN(C)S(=O)(=O)CC(C)c2ccccc2)n[nH]1. The number of hydrogen-bond donors (Lipinski definition) is 1. The summed E-state index contributed by atoms with van der Waals surface area (Å²) in [6.45, 7) is 3.87. The Hall–Kier alpha value is -1.73. The van der Waals surface area contributed by atoms with Crippen LogP contribution in [-0.2, 0) is 16.6 Å². The van der Waals surface area contributed by atoms with Crippen LogP contribution in [0, 0.1) is 6.92 Å². The zero-order valence-corrected chi connectivity index (χ0v) is 13.3. The van der Waals surface area contributed by atoms with Gasteiger partial charge in [0.15, 0.2) is 5.82 Å². The van der Waals surface area contributed by atoms with Gasteiger partial charge in [-0.2, -0.15) is 9.40 Å². The molecule has 1 aromatic heterocycles. The minimum atomic E-state index is -3.36. The van der Waals surface area contributed by atoms with Crippen LogP contribution in [0.15, 0.2) is 30.3 Å². The van der Waals surface area contributed by atoms with E-state index in [-0.39, 0.29) is 18.2 Å². The van der Waals surface area contributed by atoms with Crippen LogP contribution in [0.25, 0.3) is 0 Å². The predicted octanol–water partition coefficient (Wildman–Crippen LogP) is 1.68. The van der Waals surface area contributed by atoms with Crippen LogP contribution < -0.4 is 0 Å². The van der Waals surface area contributed by atoms with E-state index in [0.717, 1.165) is 5.56 Å². The third-order valence-corrected chi connectivity index (χ3v) is 5.31. The van der Waals surface area contributed by atoms with E-state index in [2.05, 4.69) is 15.2 Å². The van der Waals surface area contributed by atoms with Crippen molar-refractivity contribution in [3.8, 4) is 0 Å². The second-order valence-electron chi connectivity index (χ2n) is 5.18. The van der Waals surface area contributed by atoms with Gasteiger partial charge in [0.1, 0.15) is 5.82 Å². The fourth-order valence-corrected chi connectivity index (χ4v) is 3.47. The highest BCUT2D eigenvalue weighted by molar-refractivity contribution is 7.89. The number of H-pyrrole nitrogens is 1. The van der Waals surface area contributed by atoms with E-state index in [9.17, 15) is 8.42 Å². The van der Waals surface area contributed by atoms with Crippen LogP contribution in [0.3, 0.4) is 0 Å². The summed E-state index contributed by atoms with van der Waals surface area (Å²) in [4.78, 5) is 4.13. The summed E-state index contributed by atoms with van der Waals surface area (Å²) in [6.07, 6.45) is 0. The first-order valence-electron chi connectivity index (χ1n) is 6.75. The number of rotatable bonds is 6. The molecule has 0 saturated heterocycles. The molecule has 1 atom stereocenters. The van der Waals surface area contributed by atoms with Crippen molar-refractivity contribution in [1.29, 1.82) is 0 Å². The van der Waals surface area contributed by atoms with Crippen molar-refractivity contribution in [3.63, 3.8) is 0 Å². The van der Waals surface area contributed by atoms with E-state index in [4.69, 9.17) is 0 Å². The number of nitrogens with zero attached hydrogens (tertiary/aromatic N) is 3. The van der Waals surface area contributed by atoms with Crippen molar-refractivity contribution < 1.29 is 8.42 Å². The van der Waals surface area contributed by atoms with Crippen molar-refractivity contribution in [2.75, 3.05) is 12.8 Å². The molecular formula is C14H20N4O2S. The van der Waals surface area contributed by atoms with Gasteiger partial charge in [-0.3, -0.25) is 5.10 Å². The molecule has 114 valence electrons. The molecule has 2 aromatic rings. The average molecular weight is 308 g/mol. The first kappa shape index (κ1) is 15.7. The lowest BCUT2D eigenvalue weighted by Crippen LogP contribution is -2.31. The van der Waals surface area contributed by atoms with Crippen LogP contribution in [0.1, 0.15) is 30.1 Å². The van der Waals surface area contributed by atoms with Crippen LogP contribution >= 0.6 is 0 Å². The van der Waals surface area contributed by atoms with Gasteiger partial charge in [-0.25, -0.2) is 13.4 Å². The summed E-state index contributed by atoms with van der Waals surface area (Å²) in [5.74, 6) is 1.16. The highest BCUT2D eigenvalue weighted by Crippen LogP contribution is 2.18. The molecule has 1 N–H and O–H groups in total. The van der Waals surface area contributed by atoms with Crippen LogP contribution in [0.5, 0.6) is 0 Å². The quantitative estimate of drug-likeness (QED) is 0.880. The molecule has 1 unspecified atom stereocenters. The molecular weight excluding hydrogens is 288 g/mol. The van der Waals surface area contributed by atoms with Crippen LogP contribution in [0.4, 0.5) is 0 Å². The second kappa shape index (κ2) is 6.36. The summed E-state index contributed by atoms with van der Waals surface area (Å²) < 4.78 is 26.1. The van der Waals surface area contributed by atoms with E-state index in [1.807, 2.05) is 37.3 Å². The van der Waals surface area contributed by atoms with Crippen LogP contribution in [-0.4, -0.2) is 40.7 Å². The highest BCUT2D eigenvalue weighted by atomic mass is 32.2. The fraction of sp³-hybridized carbons (Fsp3) is 0.429. The van der Waals surface area contributed by atoms with Crippen molar-refractivity contribution >= 4 is 10.0 Å². The Bertz CT molecular complexity index is 682. The molecule has 0 aliphatic heterocycles. The van der Waals surface area contributed by atoms with E-state index in [0.29, 0.717) is 11.6 Å². The molecule has 0 aliphatic carbocycles. The van der Waals surface area contributed by atoms with Gasteiger partial charge < -0.3 is 0 Å². The van der Waals surface area contributed by atoms with Gasteiger partial charge in [0.05, 0.1) is 12.3 Å². The van der Waals surface area contributed by atoms with Crippen molar-refractivity contribution in [2.24, 2.45) is 0 Å². The number of nitrogens with one attached hydrogen (secondary N) is 1. The number of aromatic nitrogens is 3. The first-order chi connectivity index (χ1) is 9.88. The lowest BCUT2D eigenvalue weighted by molar-refractivity contribution is 0.454. The maximum Gasteiger partial charge on any atom is 0.214 e. The lowest BCUT2D eigenvalue weighted by Gasteiger charge is -2.19. The predicted molar refractivity (Wildman–Crippen MR) is 81.2 cm³/mol. The molecule has 1 aromatic carbocycles. The van der Waals surface area contributed by atoms with Gasteiger partial charge in [0.25, 0.3) is 0 Å². The van der Waals surface area contributed by atoms with Crippen molar-refractivity contribution in [2.45, 2.75) is 26.3 Å². The molecule has 0 spiro atoms. The molecule has 7 heteroatoms. The molecule has 1 heterocycles. The maximum atomic E-state index is 12.4. The lowest BCUT2D eigenvalue weighted by atomic mass is 10.0. The Morgan fingerprint density at radius 2 is 1.95 bits per heavy atom. The first-order valence-corrected chi connectivity index (χ1v) is 8.36. The minimum Gasteiger partial charge on any atom is -0.263 e. The van der Waals surface area contributed by atoms with Gasteiger partial charge in [0, 0.05) is 7.05 Å². The summed E-state index contributed by atoms with van der Waals surface area (Å²) in [5, 5.41) is 6.67. The monoisotopic (exact) mass is 308 g/mol. The zero-order chi connectivity index (χ0) is 15.5. The Labute approximate surface area is 125 Å². The molecule has 0 fully saturated rings. The summed E-state index contributed by atoms with van der Waals surface area (Å²) in [7, 11) is -1.80.